The van der Waals surface area contributed by atoms with Crippen molar-refractivity contribution in [3.63, 3.8) is 0 Å². The van der Waals surface area contributed by atoms with E-state index >= 15 is 0 Å². The van der Waals surface area contributed by atoms with Gasteiger partial charge >= 0.3 is 0 Å². The first-order valence-electron chi connectivity index (χ1n) is 8.81. The van der Waals surface area contributed by atoms with Crippen LogP contribution in [0.25, 0.3) is 0 Å². The summed E-state index contributed by atoms with van der Waals surface area (Å²) >= 11 is 0. The zero-order valence-electron chi connectivity index (χ0n) is 16.7. The Morgan fingerprint density at radius 1 is 1.07 bits per heavy atom. The summed E-state index contributed by atoms with van der Waals surface area (Å²) in [7, 11) is -3.59. The molecule has 2 rings (SSSR count). The number of hydrogen-bond donors (Lipinski definition) is 2. The predicted octanol–water partition coefficient (Wildman–Crippen LogP) is 3.33. The molecular weight excluding hydrogens is 402 g/mol. The largest absolute Gasteiger partial charge is 0.484 e. The van der Waals surface area contributed by atoms with Crippen molar-refractivity contribution in [1.82, 2.24) is 5.32 Å². The number of carbonyl (C=O) groups excluding carboxylic acids is 1. The molecule has 29 heavy (non-hydrogen) atoms. The molecule has 0 aliphatic rings. The number of hydrogen-bond acceptors (Lipinski definition) is 4. The van der Waals surface area contributed by atoms with E-state index in [1.165, 1.54) is 18.2 Å². The molecule has 2 aromatic rings. The van der Waals surface area contributed by atoms with Crippen LogP contribution in [-0.4, -0.2) is 27.2 Å². The third kappa shape index (κ3) is 7.01. The SMILES string of the molecule is CC(C)(C)c1ccc(OCC(=O)NCc2ccc(NS(C)(=O)=O)c(F)c2)cc1F. The molecule has 2 aromatic carbocycles. The van der Waals surface area contributed by atoms with Crippen molar-refractivity contribution in [2.45, 2.75) is 32.7 Å². The van der Waals surface area contributed by atoms with E-state index < -0.39 is 27.6 Å². The fourth-order valence-corrected chi connectivity index (χ4v) is 3.11. The van der Waals surface area contributed by atoms with Crippen molar-refractivity contribution in [3.8, 4) is 5.75 Å². The van der Waals surface area contributed by atoms with Gasteiger partial charge in [-0.1, -0.05) is 32.9 Å². The van der Waals surface area contributed by atoms with Crippen LogP contribution >= 0.6 is 0 Å². The maximum Gasteiger partial charge on any atom is 0.258 e. The molecule has 158 valence electrons. The zero-order valence-corrected chi connectivity index (χ0v) is 17.5. The Balaban J connectivity index is 1.89. The highest BCUT2D eigenvalue weighted by molar-refractivity contribution is 7.92. The molecular formula is C20H24F2N2O4S. The summed E-state index contributed by atoms with van der Waals surface area (Å²) in [5, 5.41) is 2.55. The molecule has 0 radical (unpaired) electrons. The number of halogens is 2. The van der Waals surface area contributed by atoms with Crippen LogP contribution in [0.15, 0.2) is 36.4 Å². The third-order valence-corrected chi connectivity index (χ3v) is 4.53. The van der Waals surface area contributed by atoms with Crippen molar-refractivity contribution in [2.75, 3.05) is 17.6 Å². The van der Waals surface area contributed by atoms with Crippen LogP contribution in [0.3, 0.4) is 0 Å². The highest BCUT2D eigenvalue weighted by Crippen LogP contribution is 2.27. The molecule has 0 aliphatic carbocycles. The molecule has 0 unspecified atom stereocenters. The van der Waals surface area contributed by atoms with Crippen molar-refractivity contribution in [1.29, 1.82) is 0 Å². The summed E-state index contributed by atoms with van der Waals surface area (Å²) in [6, 6.07) is 8.33. The number of nitrogens with one attached hydrogen (secondary N) is 2. The molecule has 0 bridgehead atoms. The number of amides is 1. The molecule has 2 N–H and O–H groups in total. The molecule has 0 fully saturated rings. The van der Waals surface area contributed by atoms with E-state index in [-0.39, 0.29) is 30.0 Å². The Labute approximate surface area is 169 Å². The topological polar surface area (TPSA) is 84.5 Å². The van der Waals surface area contributed by atoms with Crippen molar-refractivity contribution in [3.05, 3.63) is 59.2 Å². The molecule has 0 saturated heterocycles. The summed E-state index contributed by atoms with van der Waals surface area (Å²) in [4.78, 5) is 11.9. The van der Waals surface area contributed by atoms with Gasteiger partial charge in [-0.15, -0.1) is 0 Å². The highest BCUT2D eigenvalue weighted by Gasteiger charge is 2.18. The minimum atomic E-state index is -3.59. The molecule has 6 nitrogen and oxygen atoms in total. The van der Waals surface area contributed by atoms with Gasteiger partial charge in [-0.3, -0.25) is 9.52 Å². The summed E-state index contributed by atoms with van der Waals surface area (Å²) in [5.74, 6) is -1.40. The van der Waals surface area contributed by atoms with E-state index in [2.05, 4.69) is 10.0 Å². The molecule has 0 heterocycles. The van der Waals surface area contributed by atoms with Crippen LogP contribution in [-0.2, 0) is 26.8 Å². The van der Waals surface area contributed by atoms with Crippen molar-refractivity contribution < 1.29 is 26.7 Å². The average molecular weight is 426 g/mol. The molecule has 0 aliphatic heterocycles. The number of carbonyl (C=O) groups is 1. The molecule has 0 atom stereocenters. The second-order valence-corrected chi connectivity index (χ2v) is 9.39. The molecule has 0 saturated carbocycles. The first-order valence-corrected chi connectivity index (χ1v) is 10.7. The Hall–Kier alpha value is -2.68. The van der Waals surface area contributed by atoms with E-state index in [1.807, 2.05) is 20.8 Å². The van der Waals surface area contributed by atoms with E-state index in [0.717, 1.165) is 12.3 Å². The van der Waals surface area contributed by atoms with Gasteiger partial charge in [0.1, 0.15) is 17.4 Å². The fourth-order valence-electron chi connectivity index (χ4n) is 2.55. The van der Waals surface area contributed by atoms with Gasteiger partial charge in [0.25, 0.3) is 5.91 Å². The van der Waals surface area contributed by atoms with Gasteiger partial charge in [0.05, 0.1) is 11.9 Å². The number of sulfonamides is 1. The molecule has 0 spiro atoms. The van der Waals surface area contributed by atoms with Crippen LogP contribution in [0.1, 0.15) is 31.9 Å². The lowest BCUT2D eigenvalue weighted by atomic mass is 9.87. The first-order chi connectivity index (χ1) is 13.3. The van der Waals surface area contributed by atoms with Crippen LogP contribution < -0.4 is 14.8 Å². The lowest BCUT2D eigenvalue weighted by Crippen LogP contribution is -2.28. The number of ether oxygens (including phenoxy) is 1. The van der Waals surface area contributed by atoms with Gasteiger partial charge < -0.3 is 10.1 Å². The summed E-state index contributed by atoms with van der Waals surface area (Å²) < 4.78 is 57.8. The summed E-state index contributed by atoms with van der Waals surface area (Å²) in [5.41, 5.74) is 0.467. The summed E-state index contributed by atoms with van der Waals surface area (Å²) in [6.07, 6.45) is 0.920. The van der Waals surface area contributed by atoms with E-state index in [0.29, 0.717) is 11.1 Å². The van der Waals surface area contributed by atoms with Crippen LogP contribution in [0.4, 0.5) is 14.5 Å². The number of benzene rings is 2. The predicted molar refractivity (Wildman–Crippen MR) is 107 cm³/mol. The number of anilines is 1. The minimum Gasteiger partial charge on any atom is -0.484 e. The van der Waals surface area contributed by atoms with Gasteiger partial charge in [-0.05, 0) is 34.7 Å². The Bertz CT molecular complexity index is 1000. The number of rotatable bonds is 7. The molecule has 9 heteroatoms. The van der Waals surface area contributed by atoms with Crippen molar-refractivity contribution in [2.24, 2.45) is 0 Å². The molecule has 1 amide bonds. The quantitative estimate of drug-likeness (QED) is 0.711. The third-order valence-electron chi connectivity index (χ3n) is 3.94. The van der Waals surface area contributed by atoms with Gasteiger partial charge in [-0.2, -0.15) is 0 Å². The van der Waals surface area contributed by atoms with Gasteiger partial charge in [0.2, 0.25) is 10.0 Å². The maximum absolute atomic E-state index is 14.2. The monoisotopic (exact) mass is 426 g/mol. The summed E-state index contributed by atoms with van der Waals surface area (Å²) in [6.45, 7) is 5.38. The Morgan fingerprint density at radius 3 is 2.31 bits per heavy atom. The van der Waals surface area contributed by atoms with E-state index in [4.69, 9.17) is 4.74 Å². The van der Waals surface area contributed by atoms with Crippen LogP contribution in [0.2, 0.25) is 0 Å². The Morgan fingerprint density at radius 2 is 1.76 bits per heavy atom. The van der Waals surface area contributed by atoms with E-state index in [1.54, 1.807) is 12.1 Å². The highest BCUT2D eigenvalue weighted by atomic mass is 32.2. The standard InChI is InChI=1S/C20H24F2N2O4S/c1-20(2,3)15-7-6-14(10-16(15)21)28-12-19(25)23-11-13-5-8-18(17(22)9-13)24-29(4,26)27/h5-10,24H,11-12H2,1-4H3,(H,23,25). The maximum atomic E-state index is 14.2. The Kier molecular flexibility index (Phi) is 6.84. The normalized spacial score (nSPS) is 11.8. The molecule has 0 aromatic heterocycles. The van der Waals surface area contributed by atoms with E-state index in [9.17, 15) is 22.0 Å². The van der Waals surface area contributed by atoms with Crippen LogP contribution in [0.5, 0.6) is 5.75 Å². The fraction of sp³-hybridized carbons (Fsp3) is 0.350. The first kappa shape index (κ1) is 22.6. The zero-order chi connectivity index (χ0) is 21.8. The minimum absolute atomic E-state index is 0.0234. The van der Waals surface area contributed by atoms with Gasteiger partial charge in [0, 0.05) is 12.6 Å². The van der Waals surface area contributed by atoms with Gasteiger partial charge in [-0.25, -0.2) is 17.2 Å². The smallest absolute Gasteiger partial charge is 0.258 e. The lowest BCUT2D eigenvalue weighted by Gasteiger charge is -2.20. The van der Waals surface area contributed by atoms with Crippen molar-refractivity contribution >= 4 is 21.6 Å². The lowest BCUT2D eigenvalue weighted by molar-refractivity contribution is -0.123. The van der Waals surface area contributed by atoms with Crippen LogP contribution in [0, 0.1) is 11.6 Å². The average Bonchev–Trinajstić information content (AvgIpc) is 2.58. The second kappa shape index (κ2) is 8.77. The second-order valence-electron chi connectivity index (χ2n) is 7.65. The van der Waals surface area contributed by atoms with Gasteiger partial charge in [0.15, 0.2) is 6.61 Å².